The Morgan fingerprint density at radius 3 is 2.55 bits per heavy atom. The van der Waals surface area contributed by atoms with Gasteiger partial charge in [0.15, 0.2) is 0 Å². The first-order valence-electron chi connectivity index (χ1n) is 5.63. The normalized spacial score (nSPS) is 11.3. The molecule has 2 rings (SSSR count). The molecule has 0 spiro atoms. The van der Waals surface area contributed by atoms with E-state index < -0.39 is 10.0 Å². The Labute approximate surface area is 131 Å². The quantitative estimate of drug-likeness (QED) is 0.802. The number of hydrogen-bond donors (Lipinski definition) is 2. The van der Waals surface area contributed by atoms with Crippen LogP contribution in [0.1, 0.15) is 5.56 Å². The van der Waals surface area contributed by atoms with Gasteiger partial charge < -0.3 is 5.73 Å². The smallest absolute Gasteiger partial charge is 0.261 e. The molecule has 0 unspecified atom stereocenters. The van der Waals surface area contributed by atoms with Gasteiger partial charge in [-0.25, -0.2) is 8.42 Å². The minimum absolute atomic E-state index is 0.149. The highest BCUT2D eigenvalue weighted by Crippen LogP contribution is 2.28. The van der Waals surface area contributed by atoms with Crippen molar-refractivity contribution in [1.82, 2.24) is 0 Å². The van der Waals surface area contributed by atoms with E-state index in [0.717, 1.165) is 0 Å². The van der Waals surface area contributed by atoms with Crippen molar-refractivity contribution in [2.75, 3.05) is 10.5 Å². The van der Waals surface area contributed by atoms with Crippen molar-refractivity contribution < 1.29 is 8.42 Å². The van der Waals surface area contributed by atoms with Crippen molar-refractivity contribution in [3.63, 3.8) is 0 Å². The molecule has 0 aliphatic heterocycles. The summed E-state index contributed by atoms with van der Waals surface area (Å²) in [5.74, 6) is 0. The van der Waals surface area contributed by atoms with Crippen LogP contribution in [0.15, 0.2) is 45.8 Å². The van der Waals surface area contributed by atoms with E-state index in [9.17, 15) is 8.42 Å². The maximum atomic E-state index is 12.3. The second-order valence-corrected chi connectivity index (χ2v) is 7.22. The molecule has 106 valence electrons. The van der Waals surface area contributed by atoms with E-state index in [4.69, 9.17) is 17.3 Å². The van der Waals surface area contributed by atoms with Crippen LogP contribution in [0.4, 0.5) is 11.4 Å². The summed E-state index contributed by atoms with van der Waals surface area (Å²) in [5, 5.41) is 0.444. The minimum Gasteiger partial charge on any atom is -0.399 e. The van der Waals surface area contributed by atoms with Gasteiger partial charge in [-0.2, -0.15) is 0 Å². The van der Waals surface area contributed by atoms with Gasteiger partial charge in [-0.15, -0.1) is 0 Å². The predicted molar refractivity (Wildman–Crippen MR) is 85.6 cm³/mol. The van der Waals surface area contributed by atoms with Gasteiger partial charge in [0.05, 0.1) is 10.6 Å². The third kappa shape index (κ3) is 3.26. The Morgan fingerprint density at radius 2 is 1.90 bits per heavy atom. The lowest BCUT2D eigenvalue weighted by atomic mass is 10.2. The second-order valence-electron chi connectivity index (χ2n) is 4.25. The van der Waals surface area contributed by atoms with Gasteiger partial charge >= 0.3 is 0 Å². The molecule has 4 nitrogen and oxygen atoms in total. The van der Waals surface area contributed by atoms with E-state index in [1.807, 2.05) is 0 Å². The van der Waals surface area contributed by atoms with Crippen LogP contribution in [-0.4, -0.2) is 8.42 Å². The zero-order valence-corrected chi connectivity index (χ0v) is 13.7. The predicted octanol–water partition coefficient (Wildman–Crippen LogP) is 3.79. The summed E-state index contributed by atoms with van der Waals surface area (Å²) in [6.07, 6.45) is 0. The third-order valence-electron chi connectivity index (χ3n) is 2.72. The molecular formula is C13H12BrClN2O2S. The van der Waals surface area contributed by atoms with Crippen molar-refractivity contribution in [2.45, 2.75) is 11.8 Å². The summed E-state index contributed by atoms with van der Waals surface area (Å²) >= 11 is 9.14. The number of sulfonamides is 1. The van der Waals surface area contributed by atoms with E-state index in [1.54, 1.807) is 25.1 Å². The van der Waals surface area contributed by atoms with Crippen LogP contribution in [0.5, 0.6) is 0 Å². The van der Waals surface area contributed by atoms with Crippen LogP contribution < -0.4 is 10.5 Å². The summed E-state index contributed by atoms with van der Waals surface area (Å²) in [5.41, 5.74) is 7.33. The van der Waals surface area contributed by atoms with E-state index in [1.165, 1.54) is 18.2 Å². The summed E-state index contributed by atoms with van der Waals surface area (Å²) in [6, 6.07) is 9.43. The topological polar surface area (TPSA) is 72.2 Å². The molecule has 3 N–H and O–H groups in total. The monoisotopic (exact) mass is 374 g/mol. The van der Waals surface area contributed by atoms with E-state index >= 15 is 0 Å². The Bertz CT molecular complexity index is 763. The fourth-order valence-corrected chi connectivity index (χ4v) is 3.40. The van der Waals surface area contributed by atoms with Gasteiger partial charge in [0.1, 0.15) is 0 Å². The van der Waals surface area contributed by atoms with Crippen LogP contribution in [-0.2, 0) is 10.0 Å². The number of nitrogen functional groups attached to an aromatic ring is 1. The summed E-state index contributed by atoms with van der Waals surface area (Å²) < 4.78 is 27.7. The molecule has 0 amide bonds. The minimum atomic E-state index is -3.69. The summed E-state index contributed by atoms with van der Waals surface area (Å²) in [6.45, 7) is 1.75. The molecule has 0 heterocycles. The molecule has 0 saturated heterocycles. The maximum Gasteiger partial charge on any atom is 0.261 e. The molecule has 0 aliphatic carbocycles. The molecule has 0 aromatic heterocycles. The molecule has 20 heavy (non-hydrogen) atoms. The van der Waals surface area contributed by atoms with Gasteiger partial charge in [0.2, 0.25) is 0 Å². The maximum absolute atomic E-state index is 12.3. The zero-order valence-electron chi connectivity index (χ0n) is 10.5. The van der Waals surface area contributed by atoms with Gasteiger partial charge in [-0.05, 0) is 64.8 Å². The highest BCUT2D eigenvalue weighted by Gasteiger charge is 2.16. The van der Waals surface area contributed by atoms with Gasteiger partial charge in [0.25, 0.3) is 10.0 Å². The Morgan fingerprint density at radius 1 is 1.20 bits per heavy atom. The molecule has 0 saturated carbocycles. The molecule has 0 bridgehead atoms. The van der Waals surface area contributed by atoms with Gasteiger partial charge in [-0.1, -0.05) is 11.6 Å². The zero-order chi connectivity index (χ0) is 14.9. The van der Waals surface area contributed by atoms with Crippen molar-refractivity contribution in [2.24, 2.45) is 0 Å². The van der Waals surface area contributed by atoms with Crippen LogP contribution in [0.25, 0.3) is 0 Å². The van der Waals surface area contributed by atoms with Crippen molar-refractivity contribution >= 4 is 48.9 Å². The van der Waals surface area contributed by atoms with Crippen molar-refractivity contribution in [3.8, 4) is 0 Å². The van der Waals surface area contributed by atoms with E-state index in [0.29, 0.717) is 26.4 Å². The number of aryl methyl sites for hydroxylation is 1. The third-order valence-corrected chi connectivity index (χ3v) is 5.01. The fourth-order valence-electron chi connectivity index (χ4n) is 1.59. The average molecular weight is 376 g/mol. The van der Waals surface area contributed by atoms with Crippen LogP contribution in [0, 0.1) is 6.92 Å². The molecule has 2 aromatic rings. The molecule has 2 aromatic carbocycles. The SMILES string of the molecule is Cc1cc(S(=O)(=O)Nc2cc(Cl)ccc2Br)ccc1N. The highest BCUT2D eigenvalue weighted by atomic mass is 79.9. The van der Waals surface area contributed by atoms with Gasteiger partial charge in [0, 0.05) is 15.2 Å². The number of hydrogen-bond acceptors (Lipinski definition) is 3. The van der Waals surface area contributed by atoms with E-state index in [2.05, 4.69) is 20.7 Å². The lowest BCUT2D eigenvalue weighted by Gasteiger charge is -2.11. The number of benzene rings is 2. The first kappa shape index (κ1) is 15.2. The highest BCUT2D eigenvalue weighted by molar-refractivity contribution is 9.10. The van der Waals surface area contributed by atoms with Crippen LogP contribution in [0.2, 0.25) is 5.02 Å². The van der Waals surface area contributed by atoms with Crippen molar-refractivity contribution in [3.05, 3.63) is 51.5 Å². The molecule has 0 aliphatic rings. The molecule has 0 radical (unpaired) electrons. The molecule has 0 atom stereocenters. The van der Waals surface area contributed by atoms with Crippen LogP contribution in [0.3, 0.4) is 0 Å². The Hall–Kier alpha value is -1.24. The summed E-state index contributed by atoms with van der Waals surface area (Å²) in [7, 11) is -3.69. The molecular weight excluding hydrogens is 364 g/mol. The average Bonchev–Trinajstić information content (AvgIpc) is 2.36. The number of nitrogens with two attached hydrogens (primary N) is 1. The largest absolute Gasteiger partial charge is 0.399 e. The molecule has 7 heteroatoms. The Balaban J connectivity index is 2.40. The van der Waals surface area contributed by atoms with Crippen molar-refractivity contribution in [1.29, 1.82) is 0 Å². The lowest BCUT2D eigenvalue weighted by Crippen LogP contribution is -2.13. The second kappa shape index (κ2) is 5.63. The number of rotatable bonds is 3. The fraction of sp³-hybridized carbons (Fsp3) is 0.0769. The first-order valence-corrected chi connectivity index (χ1v) is 8.29. The first-order chi connectivity index (χ1) is 9.29. The standard InChI is InChI=1S/C13H12BrClN2O2S/c1-8-6-10(3-5-12(8)16)20(18,19)17-13-7-9(15)2-4-11(13)14/h2-7,17H,16H2,1H3. The molecule has 0 fully saturated rings. The number of halogens is 2. The Kier molecular flexibility index (Phi) is 4.27. The summed E-state index contributed by atoms with van der Waals surface area (Å²) in [4.78, 5) is 0.149. The lowest BCUT2D eigenvalue weighted by molar-refractivity contribution is 0.601. The van der Waals surface area contributed by atoms with Crippen LogP contribution >= 0.6 is 27.5 Å². The number of nitrogens with one attached hydrogen (secondary N) is 1. The van der Waals surface area contributed by atoms with E-state index in [-0.39, 0.29) is 4.90 Å². The number of anilines is 2. The van der Waals surface area contributed by atoms with Gasteiger partial charge in [-0.3, -0.25) is 4.72 Å².